The first-order chi connectivity index (χ1) is 9.81. The molecule has 1 fully saturated rings. The Morgan fingerprint density at radius 1 is 1.45 bits per heavy atom. The molecular weight excluding hydrogens is 256 g/mol. The molecule has 2 heterocycles. The van der Waals surface area contributed by atoms with Crippen LogP contribution in [-0.2, 0) is 9.53 Å². The second-order valence-electron chi connectivity index (χ2n) is 5.43. The molecule has 1 saturated heterocycles. The fraction of sp³-hybridized carbons (Fsp3) is 0.667. The summed E-state index contributed by atoms with van der Waals surface area (Å²) in [4.78, 5) is 12.7. The second-order valence-corrected chi connectivity index (χ2v) is 5.43. The Balaban J connectivity index is 1.85. The first kappa shape index (κ1) is 15.1. The number of carbonyl (C=O) groups excluding carboxylic acids is 1. The largest absolute Gasteiger partial charge is 0.469 e. The van der Waals surface area contributed by atoms with E-state index >= 15 is 0 Å². The van der Waals surface area contributed by atoms with E-state index in [2.05, 4.69) is 16.1 Å². The van der Waals surface area contributed by atoms with Crippen LogP contribution >= 0.6 is 0 Å². The summed E-state index contributed by atoms with van der Waals surface area (Å²) in [6.45, 7) is 4.17. The van der Waals surface area contributed by atoms with Crippen LogP contribution in [0.15, 0.2) is 22.8 Å². The molecule has 0 aliphatic carbocycles. The lowest BCUT2D eigenvalue weighted by atomic mass is 10.1. The molecule has 0 aromatic carbocycles. The molecule has 5 heteroatoms. The third-order valence-electron chi connectivity index (χ3n) is 4.06. The Labute approximate surface area is 120 Å². The van der Waals surface area contributed by atoms with Gasteiger partial charge in [-0.1, -0.05) is 0 Å². The summed E-state index contributed by atoms with van der Waals surface area (Å²) in [6.07, 6.45) is 6.17. The van der Waals surface area contributed by atoms with Crippen molar-refractivity contribution in [1.29, 1.82) is 0 Å². The number of nitrogens with one attached hydrogen (secondary N) is 1. The molecule has 0 saturated carbocycles. The monoisotopic (exact) mass is 282 g/mol. The van der Waals surface area contributed by atoms with Crippen LogP contribution < -0.4 is 10.2 Å². The third-order valence-corrected chi connectivity index (χ3v) is 4.06. The quantitative estimate of drug-likeness (QED) is 0.524. The van der Waals surface area contributed by atoms with Crippen LogP contribution in [0.3, 0.4) is 0 Å². The van der Waals surface area contributed by atoms with Gasteiger partial charge in [-0.25, -0.2) is 0 Å². The van der Waals surface area contributed by atoms with Crippen LogP contribution in [0.2, 0.25) is 0 Å². The van der Waals surface area contributed by atoms with E-state index in [1.54, 1.807) is 11.2 Å². The Kier molecular flexibility index (Phi) is 6.08. The molecule has 1 aliphatic heterocycles. The highest BCUT2D eigenvalue weighted by Gasteiger charge is 2.29. The van der Waals surface area contributed by atoms with Crippen molar-refractivity contribution in [2.24, 2.45) is 0 Å². The number of hydrogen-bond acceptors (Lipinski definition) is 3. The van der Waals surface area contributed by atoms with Crippen molar-refractivity contribution in [1.82, 2.24) is 0 Å². The molecule has 3 N–H and O–H groups in total. The lowest BCUT2D eigenvalue weighted by Gasteiger charge is -2.29. The Bertz CT molecular complexity index is 386. The summed E-state index contributed by atoms with van der Waals surface area (Å²) in [7, 11) is 1.44. The van der Waals surface area contributed by atoms with Gasteiger partial charge in [0.05, 0.1) is 39.4 Å². The van der Waals surface area contributed by atoms with E-state index < -0.39 is 0 Å². The standard InChI is InChI=1S/C15H24N2O3/c1-19-15(18)7-8-16-12-13(14-6-5-11-20-14)17-9-3-2-4-10-17/h5-6,11,13,16H,2-4,7-10,12H2,1H3/p+2/t13-/m0/s1. The SMILES string of the molecule is COC(=O)CC[NH2+]C[C@@H](c1ccco1)[NH+]1CCCCC1. The number of likely N-dealkylation sites (tertiary alicyclic amines) is 1. The summed E-state index contributed by atoms with van der Waals surface area (Å²) >= 11 is 0. The van der Waals surface area contributed by atoms with Crippen molar-refractivity contribution < 1.29 is 24.2 Å². The first-order valence-electron chi connectivity index (χ1n) is 7.57. The lowest BCUT2D eigenvalue weighted by molar-refractivity contribution is -0.950. The van der Waals surface area contributed by atoms with E-state index in [0.717, 1.165) is 18.8 Å². The summed E-state index contributed by atoms with van der Waals surface area (Å²) in [5.41, 5.74) is 0. The number of piperidine rings is 1. The molecule has 5 nitrogen and oxygen atoms in total. The van der Waals surface area contributed by atoms with Crippen molar-refractivity contribution in [3.63, 3.8) is 0 Å². The average Bonchev–Trinajstić information content (AvgIpc) is 3.02. The molecule has 1 aliphatic rings. The third kappa shape index (κ3) is 4.35. The van der Waals surface area contributed by atoms with Gasteiger partial charge in [0.1, 0.15) is 6.54 Å². The minimum absolute atomic E-state index is 0.138. The number of quaternary nitrogens is 2. The van der Waals surface area contributed by atoms with Crippen LogP contribution in [0.1, 0.15) is 37.5 Å². The van der Waals surface area contributed by atoms with Crippen LogP contribution in [0.5, 0.6) is 0 Å². The second kappa shape index (κ2) is 8.07. The van der Waals surface area contributed by atoms with Gasteiger partial charge in [-0.15, -0.1) is 0 Å². The molecule has 112 valence electrons. The Hall–Kier alpha value is -1.33. The fourth-order valence-corrected chi connectivity index (χ4v) is 2.93. The maximum Gasteiger partial charge on any atom is 0.311 e. The minimum Gasteiger partial charge on any atom is -0.469 e. The Morgan fingerprint density at radius 2 is 2.25 bits per heavy atom. The molecule has 20 heavy (non-hydrogen) atoms. The summed E-state index contributed by atoms with van der Waals surface area (Å²) in [6, 6.07) is 4.42. The first-order valence-corrected chi connectivity index (χ1v) is 7.57. The number of methoxy groups -OCH3 is 1. The smallest absolute Gasteiger partial charge is 0.311 e. The number of furan rings is 1. The number of carbonyl (C=O) groups is 1. The highest BCUT2D eigenvalue weighted by Crippen LogP contribution is 2.10. The summed E-state index contributed by atoms with van der Waals surface area (Å²) in [5.74, 6) is 0.928. The lowest BCUT2D eigenvalue weighted by Crippen LogP contribution is -3.15. The van der Waals surface area contributed by atoms with Gasteiger partial charge in [-0.3, -0.25) is 4.79 Å². The van der Waals surface area contributed by atoms with E-state index in [9.17, 15) is 4.79 Å². The van der Waals surface area contributed by atoms with Gasteiger partial charge in [0, 0.05) is 0 Å². The van der Waals surface area contributed by atoms with Gasteiger partial charge in [-0.05, 0) is 31.4 Å². The highest BCUT2D eigenvalue weighted by atomic mass is 16.5. The molecule has 0 radical (unpaired) electrons. The maximum absolute atomic E-state index is 11.1. The molecule has 1 aromatic heterocycles. The zero-order valence-electron chi connectivity index (χ0n) is 12.3. The molecule has 0 unspecified atom stereocenters. The normalized spacial score (nSPS) is 17.9. The molecule has 0 spiro atoms. The molecule has 1 aromatic rings. The van der Waals surface area contributed by atoms with Crippen molar-refractivity contribution in [2.75, 3.05) is 33.3 Å². The average molecular weight is 282 g/mol. The molecule has 0 bridgehead atoms. The van der Waals surface area contributed by atoms with Gasteiger partial charge in [0.25, 0.3) is 0 Å². The van der Waals surface area contributed by atoms with Gasteiger partial charge in [0.2, 0.25) is 0 Å². The Morgan fingerprint density at radius 3 is 2.90 bits per heavy atom. The van der Waals surface area contributed by atoms with Crippen LogP contribution in [-0.4, -0.2) is 39.3 Å². The van der Waals surface area contributed by atoms with E-state index in [4.69, 9.17) is 4.42 Å². The van der Waals surface area contributed by atoms with Crippen LogP contribution in [0, 0.1) is 0 Å². The number of ether oxygens (including phenoxy) is 1. The van der Waals surface area contributed by atoms with Gasteiger partial charge in [-0.2, -0.15) is 0 Å². The number of esters is 1. The zero-order chi connectivity index (χ0) is 14.2. The van der Waals surface area contributed by atoms with Gasteiger partial charge < -0.3 is 19.4 Å². The highest BCUT2D eigenvalue weighted by molar-refractivity contribution is 5.69. The van der Waals surface area contributed by atoms with Crippen molar-refractivity contribution in [2.45, 2.75) is 31.7 Å². The molecule has 2 rings (SSSR count). The van der Waals surface area contributed by atoms with Gasteiger partial charge >= 0.3 is 5.97 Å². The van der Waals surface area contributed by atoms with E-state index in [0.29, 0.717) is 12.5 Å². The fourth-order valence-electron chi connectivity index (χ4n) is 2.93. The number of rotatable bonds is 7. The van der Waals surface area contributed by atoms with Gasteiger partial charge in [0.15, 0.2) is 11.8 Å². The van der Waals surface area contributed by atoms with Crippen molar-refractivity contribution >= 4 is 5.97 Å². The topological polar surface area (TPSA) is 60.5 Å². The molecular formula is C15H26N2O3+2. The van der Waals surface area contributed by atoms with Crippen LogP contribution in [0.4, 0.5) is 0 Å². The predicted octanol–water partition coefficient (Wildman–Crippen LogP) is -0.484. The van der Waals surface area contributed by atoms with E-state index in [-0.39, 0.29) is 5.97 Å². The van der Waals surface area contributed by atoms with E-state index in [1.807, 2.05) is 6.07 Å². The van der Waals surface area contributed by atoms with Crippen molar-refractivity contribution in [3.05, 3.63) is 24.2 Å². The van der Waals surface area contributed by atoms with Crippen LogP contribution in [0.25, 0.3) is 0 Å². The van der Waals surface area contributed by atoms with Crippen molar-refractivity contribution in [3.8, 4) is 0 Å². The van der Waals surface area contributed by atoms with E-state index in [1.165, 1.54) is 39.5 Å². The molecule has 1 atom stereocenters. The molecule has 0 amide bonds. The summed E-state index contributed by atoms with van der Waals surface area (Å²) in [5, 5.41) is 2.20. The minimum atomic E-state index is -0.138. The maximum atomic E-state index is 11.1. The predicted molar refractivity (Wildman–Crippen MR) is 74.3 cm³/mol. The number of nitrogens with two attached hydrogens (primary N) is 1. The zero-order valence-corrected chi connectivity index (χ0v) is 12.3. The summed E-state index contributed by atoms with van der Waals surface area (Å²) < 4.78 is 10.3. The number of hydrogen-bond donors (Lipinski definition) is 2.